The zero-order chi connectivity index (χ0) is 13.4. The molecule has 0 aliphatic heterocycles. The minimum atomic E-state index is -0.372. The Balaban J connectivity index is 2.80. The van der Waals surface area contributed by atoms with Crippen molar-refractivity contribution in [2.24, 2.45) is 0 Å². The summed E-state index contributed by atoms with van der Waals surface area (Å²) < 4.78 is 23.7. The van der Waals surface area contributed by atoms with E-state index in [4.69, 9.17) is 14.6 Å². The predicted molar refractivity (Wildman–Crippen MR) is 66.9 cm³/mol. The molecule has 4 heteroatoms. The normalized spacial score (nSPS) is 11.6. The van der Waals surface area contributed by atoms with Crippen LogP contribution in [0.15, 0.2) is 18.2 Å². The number of aliphatic hydroxyl groups is 1. The SMILES string of the molecule is COC(C)COc1cc(F)ccc1C#CCCO. The molecule has 1 unspecified atom stereocenters. The lowest BCUT2D eigenvalue weighted by Crippen LogP contribution is -2.16. The maximum absolute atomic E-state index is 13.1. The van der Waals surface area contributed by atoms with Crippen molar-refractivity contribution in [3.8, 4) is 17.6 Å². The number of aliphatic hydroxyl groups excluding tert-OH is 1. The van der Waals surface area contributed by atoms with Crippen LogP contribution < -0.4 is 4.74 Å². The molecule has 1 aromatic rings. The smallest absolute Gasteiger partial charge is 0.137 e. The standard InChI is InChI=1S/C14H17FO3/c1-11(17-2)10-18-14-9-13(15)7-6-12(14)5-3-4-8-16/h6-7,9,11,16H,4,8,10H2,1-2H3. The van der Waals surface area contributed by atoms with Gasteiger partial charge in [-0.15, -0.1) is 0 Å². The molecule has 0 amide bonds. The molecule has 1 N–H and O–H groups in total. The van der Waals surface area contributed by atoms with Gasteiger partial charge in [0.05, 0.1) is 18.3 Å². The second-order valence-electron chi connectivity index (χ2n) is 3.77. The first kappa shape index (κ1) is 14.5. The highest BCUT2D eigenvalue weighted by molar-refractivity contribution is 5.46. The van der Waals surface area contributed by atoms with Crippen molar-refractivity contribution in [2.75, 3.05) is 20.3 Å². The van der Waals surface area contributed by atoms with Crippen LogP contribution in [-0.4, -0.2) is 31.5 Å². The molecule has 98 valence electrons. The van der Waals surface area contributed by atoms with Crippen molar-refractivity contribution < 1.29 is 19.0 Å². The summed E-state index contributed by atoms with van der Waals surface area (Å²) in [5.41, 5.74) is 0.605. The largest absolute Gasteiger partial charge is 0.489 e. The van der Waals surface area contributed by atoms with Gasteiger partial charge in [0.15, 0.2) is 0 Å². The van der Waals surface area contributed by atoms with E-state index in [2.05, 4.69) is 11.8 Å². The molecule has 1 atom stereocenters. The summed E-state index contributed by atoms with van der Waals surface area (Å²) in [6.45, 7) is 2.19. The number of hydrogen-bond acceptors (Lipinski definition) is 3. The van der Waals surface area contributed by atoms with E-state index in [9.17, 15) is 4.39 Å². The van der Waals surface area contributed by atoms with Crippen LogP contribution in [0.2, 0.25) is 0 Å². The van der Waals surface area contributed by atoms with Gasteiger partial charge >= 0.3 is 0 Å². The van der Waals surface area contributed by atoms with Crippen molar-refractivity contribution >= 4 is 0 Å². The molecule has 1 aromatic carbocycles. The molecule has 0 heterocycles. The van der Waals surface area contributed by atoms with Crippen molar-refractivity contribution in [1.82, 2.24) is 0 Å². The lowest BCUT2D eigenvalue weighted by molar-refractivity contribution is 0.0714. The van der Waals surface area contributed by atoms with E-state index in [1.165, 1.54) is 12.1 Å². The minimum Gasteiger partial charge on any atom is -0.489 e. The summed E-state index contributed by atoms with van der Waals surface area (Å²) in [7, 11) is 1.58. The first-order valence-electron chi connectivity index (χ1n) is 5.72. The van der Waals surface area contributed by atoms with Crippen molar-refractivity contribution in [1.29, 1.82) is 0 Å². The zero-order valence-electron chi connectivity index (χ0n) is 10.6. The van der Waals surface area contributed by atoms with Crippen LogP contribution in [0, 0.1) is 17.7 Å². The summed E-state index contributed by atoms with van der Waals surface area (Å²) in [5, 5.41) is 8.66. The first-order chi connectivity index (χ1) is 8.67. The van der Waals surface area contributed by atoms with Gasteiger partial charge in [0, 0.05) is 19.6 Å². The first-order valence-corrected chi connectivity index (χ1v) is 5.72. The van der Waals surface area contributed by atoms with E-state index in [1.807, 2.05) is 6.92 Å². The van der Waals surface area contributed by atoms with Crippen LogP contribution in [0.3, 0.4) is 0 Å². The van der Waals surface area contributed by atoms with Crippen LogP contribution in [0.5, 0.6) is 5.75 Å². The third-order valence-corrected chi connectivity index (χ3v) is 2.28. The summed E-state index contributed by atoms with van der Waals surface area (Å²) in [6.07, 6.45) is 0.303. The Kier molecular flexibility index (Phi) is 6.20. The third kappa shape index (κ3) is 4.74. The number of ether oxygens (including phenoxy) is 2. The second-order valence-corrected chi connectivity index (χ2v) is 3.77. The maximum atomic E-state index is 13.1. The van der Waals surface area contributed by atoms with Crippen LogP contribution in [0.25, 0.3) is 0 Å². The molecule has 0 aliphatic carbocycles. The summed E-state index contributed by atoms with van der Waals surface area (Å²) >= 11 is 0. The van der Waals surface area contributed by atoms with Crippen molar-refractivity contribution in [2.45, 2.75) is 19.4 Å². The summed E-state index contributed by atoms with van der Waals surface area (Å²) in [4.78, 5) is 0. The van der Waals surface area contributed by atoms with Gasteiger partial charge in [0.25, 0.3) is 0 Å². The minimum absolute atomic E-state index is 0.00505. The lowest BCUT2D eigenvalue weighted by atomic mass is 10.2. The van der Waals surface area contributed by atoms with E-state index in [-0.39, 0.29) is 18.5 Å². The van der Waals surface area contributed by atoms with Crippen molar-refractivity contribution in [3.63, 3.8) is 0 Å². The molecule has 0 aromatic heterocycles. The van der Waals surface area contributed by atoms with Gasteiger partial charge < -0.3 is 14.6 Å². The van der Waals surface area contributed by atoms with Gasteiger partial charge in [0.2, 0.25) is 0 Å². The van der Waals surface area contributed by atoms with Crippen LogP contribution >= 0.6 is 0 Å². The number of hydrogen-bond donors (Lipinski definition) is 1. The predicted octanol–water partition coefficient (Wildman–Crippen LogP) is 1.97. The molecule has 0 radical (unpaired) electrons. The van der Waals surface area contributed by atoms with Crippen LogP contribution in [-0.2, 0) is 4.74 Å². The third-order valence-electron chi connectivity index (χ3n) is 2.28. The molecule has 0 fully saturated rings. The average Bonchev–Trinajstić information content (AvgIpc) is 2.38. The Morgan fingerprint density at radius 2 is 2.22 bits per heavy atom. The molecule has 0 aliphatic rings. The molecule has 0 saturated heterocycles. The van der Waals surface area contributed by atoms with Gasteiger partial charge in [-0.1, -0.05) is 11.8 Å². The van der Waals surface area contributed by atoms with E-state index in [0.29, 0.717) is 24.3 Å². The van der Waals surface area contributed by atoms with Gasteiger partial charge in [-0.3, -0.25) is 0 Å². The Labute approximate surface area is 107 Å². The average molecular weight is 252 g/mol. The zero-order valence-corrected chi connectivity index (χ0v) is 10.6. The molecule has 1 rings (SSSR count). The molecular formula is C14H17FO3. The van der Waals surface area contributed by atoms with Crippen LogP contribution in [0.4, 0.5) is 4.39 Å². The highest BCUT2D eigenvalue weighted by Crippen LogP contribution is 2.19. The molecule has 0 saturated carbocycles. The number of rotatable bonds is 5. The lowest BCUT2D eigenvalue weighted by Gasteiger charge is -2.12. The monoisotopic (exact) mass is 252 g/mol. The Morgan fingerprint density at radius 3 is 2.89 bits per heavy atom. The summed E-state index contributed by atoms with van der Waals surface area (Å²) in [5.74, 6) is 5.64. The fourth-order valence-corrected chi connectivity index (χ4v) is 1.21. The molecule has 0 bridgehead atoms. The second kappa shape index (κ2) is 7.70. The van der Waals surface area contributed by atoms with E-state index in [0.717, 1.165) is 0 Å². The van der Waals surface area contributed by atoms with E-state index >= 15 is 0 Å². The highest BCUT2D eigenvalue weighted by atomic mass is 19.1. The maximum Gasteiger partial charge on any atom is 0.137 e. The Hall–Kier alpha value is -1.57. The Morgan fingerprint density at radius 1 is 1.44 bits per heavy atom. The van der Waals surface area contributed by atoms with E-state index in [1.54, 1.807) is 13.2 Å². The topological polar surface area (TPSA) is 38.7 Å². The molecule has 3 nitrogen and oxygen atoms in total. The number of halogens is 1. The van der Waals surface area contributed by atoms with Gasteiger partial charge in [0.1, 0.15) is 18.2 Å². The van der Waals surface area contributed by atoms with E-state index < -0.39 is 0 Å². The van der Waals surface area contributed by atoms with Gasteiger partial charge in [-0.05, 0) is 19.1 Å². The fraction of sp³-hybridized carbons (Fsp3) is 0.429. The van der Waals surface area contributed by atoms with Crippen molar-refractivity contribution in [3.05, 3.63) is 29.6 Å². The molecular weight excluding hydrogens is 235 g/mol. The van der Waals surface area contributed by atoms with Gasteiger partial charge in [-0.2, -0.15) is 0 Å². The quantitative estimate of drug-likeness (QED) is 0.814. The number of benzene rings is 1. The molecule has 18 heavy (non-hydrogen) atoms. The fourth-order valence-electron chi connectivity index (χ4n) is 1.21. The Bertz CT molecular complexity index is 434. The summed E-state index contributed by atoms with van der Waals surface area (Å²) in [6, 6.07) is 4.19. The number of methoxy groups -OCH3 is 1. The highest BCUT2D eigenvalue weighted by Gasteiger charge is 2.06. The van der Waals surface area contributed by atoms with Crippen LogP contribution in [0.1, 0.15) is 18.9 Å². The molecule has 0 spiro atoms. The van der Waals surface area contributed by atoms with Gasteiger partial charge in [-0.25, -0.2) is 4.39 Å².